The van der Waals surface area contributed by atoms with Crippen LogP contribution in [-0.2, 0) is 0 Å². The van der Waals surface area contributed by atoms with Crippen LogP contribution in [0.15, 0.2) is 72.8 Å². The molecule has 55 heavy (non-hydrogen) atoms. The van der Waals surface area contributed by atoms with Gasteiger partial charge in [0.25, 0.3) is 0 Å². The van der Waals surface area contributed by atoms with Crippen molar-refractivity contribution in [3.05, 3.63) is 140 Å². The molecule has 0 bridgehead atoms. The number of phenolic OH excluding ortho intramolecular Hbond substituents is 2. The summed E-state index contributed by atoms with van der Waals surface area (Å²) in [5.74, 6) is 7.89. The number of aryl methyl sites for hydroxylation is 12. The molecule has 0 saturated carbocycles. The van der Waals surface area contributed by atoms with Gasteiger partial charge in [-0.25, -0.2) is 0 Å². The number of ether oxygens (including phenoxy) is 5. The van der Waals surface area contributed by atoms with Crippen LogP contribution in [0.3, 0.4) is 0 Å². The lowest BCUT2D eigenvalue weighted by atomic mass is 10.1. The van der Waals surface area contributed by atoms with Gasteiger partial charge in [-0.1, -0.05) is 0 Å². The molecule has 284 valence electrons. The predicted molar refractivity (Wildman–Crippen MR) is 219 cm³/mol. The fraction of sp³-hybridized carbons (Fsp3) is 0.250. The van der Waals surface area contributed by atoms with E-state index < -0.39 is 0 Å². The molecule has 0 spiro atoms. The third kappa shape index (κ3) is 8.36. The summed E-state index contributed by atoms with van der Waals surface area (Å²) in [4.78, 5) is 0. The second kappa shape index (κ2) is 15.3. The summed E-state index contributed by atoms with van der Waals surface area (Å²) in [5, 5.41) is 20.1. The van der Waals surface area contributed by atoms with Crippen molar-refractivity contribution in [3.63, 3.8) is 0 Å². The molecule has 0 fully saturated rings. The van der Waals surface area contributed by atoms with Crippen LogP contribution in [0.2, 0.25) is 0 Å². The van der Waals surface area contributed by atoms with E-state index in [-0.39, 0.29) is 11.5 Å². The van der Waals surface area contributed by atoms with Gasteiger partial charge in [-0.2, -0.15) is 0 Å². The maximum atomic E-state index is 10.2. The molecule has 0 radical (unpaired) electrons. The Kier molecular flexibility index (Phi) is 10.8. The van der Waals surface area contributed by atoms with Gasteiger partial charge in [-0.3, -0.25) is 0 Å². The van der Waals surface area contributed by atoms with E-state index in [9.17, 15) is 10.2 Å². The van der Waals surface area contributed by atoms with Crippen molar-refractivity contribution >= 4 is 0 Å². The Morgan fingerprint density at radius 1 is 0.255 bits per heavy atom. The lowest BCUT2D eigenvalue weighted by molar-refractivity contribution is 0.446. The minimum Gasteiger partial charge on any atom is -0.508 e. The summed E-state index contributed by atoms with van der Waals surface area (Å²) in [6.45, 7) is 23.7. The third-order valence-electron chi connectivity index (χ3n) is 9.74. The summed E-state index contributed by atoms with van der Waals surface area (Å²) >= 11 is 0. The van der Waals surface area contributed by atoms with Crippen molar-refractivity contribution in [3.8, 4) is 69.0 Å². The molecule has 2 N–H and O–H groups in total. The fourth-order valence-electron chi connectivity index (χ4n) is 7.17. The quantitative estimate of drug-likeness (QED) is 0.145. The topological polar surface area (TPSA) is 86.6 Å². The van der Waals surface area contributed by atoms with E-state index in [0.717, 1.165) is 113 Å². The monoisotopic (exact) mass is 738 g/mol. The Balaban J connectivity index is 1.16. The zero-order valence-electron chi connectivity index (χ0n) is 33.9. The molecular formula is C48H50O7. The lowest BCUT2D eigenvalue weighted by Gasteiger charge is -2.19. The largest absolute Gasteiger partial charge is 0.508 e. The van der Waals surface area contributed by atoms with Gasteiger partial charge in [0, 0.05) is 0 Å². The van der Waals surface area contributed by atoms with Gasteiger partial charge in [-0.05, 0) is 223 Å². The summed E-state index contributed by atoms with van der Waals surface area (Å²) < 4.78 is 32.0. The number of hydrogen-bond acceptors (Lipinski definition) is 7. The Bertz CT molecular complexity index is 2320. The van der Waals surface area contributed by atoms with Crippen LogP contribution >= 0.6 is 0 Å². The Hall–Kier alpha value is -6.08. The predicted octanol–water partition coefficient (Wildman–Crippen LogP) is 13.8. The van der Waals surface area contributed by atoms with Crippen molar-refractivity contribution in [1.29, 1.82) is 0 Å². The minimum atomic E-state index is 0.225. The van der Waals surface area contributed by atoms with Crippen LogP contribution < -0.4 is 23.7 Å². The van der Waals surface area contributed by atoms with Crippen molar-refractivity contribution in [2.45, 2.75) is 83.1 Å². The normalized spacial score (nSPS) is 11.1. The molecule has 0 atom stereocenters. The first-order chi connectivity index (χ1) is 26.0. The zero-order chi connectivity index (χ0) is 39.9. The first-order valence-corrected chi connectivity index (χ1v) is 18.4. The first-order valence-electron chi connectivity index (χ1n) is 18.4. The Labute approximate surface area is 324 Å². The highest BCUT2D eigenvalue weighted by Crippen LogP contribution is 2.42. The van der Waals surface area contributed by atoms with Gasteiger partial charge < -0.3 is 33.9 Å². The minimum absolute atomic E-state index is 0.225. The SMILES string of the molecule is Cc1cc(Oc2c(C)cc(Oc3c(C)cc(Oc4c(C)cc(Oc5c(C)cc(Oc6c(C)cc(O)cc6C)cc5C)cc4C)cc3C)cc2C)cc(C)c1O. The highest BCUT2D eigenvalue weighted by Gasteiger charge is 2.17. The molecular weight excluding hydrogens is 689 g/mol. The third-order valence-corrected chi connectivity index (χ3v) is 9.74. The van der Waals surface area contributed by atoms with E-state index in [0.29, 0.717) is 11.5 Å². The molecule has 7 heteroatoms. The van der Waals surface area contributed by atoms with Crippen LogP contribution in [0, 0.1) is 83.1 Å². The van der Waals surface area contributed by atoms with Crippen molar-refractivity contribution < 1.29 is 33.9 Å². The molecule has 6 aromatic carbocycles. The average Bonchev–Trinajstić information content (AvgIpc) is 3.08. The van der Waals surface area contributed by atoms with Gasteiger partial charge in [0.1, 0.15) is 69.0 Å². The van der Waals surface area contributed by atoms with Crippen molar-refractivity contribution in [1.82, 2.24) is 0 Å². The highest BCUT2D eigenvalue weighted by atomic mass is 16.5. The molecule has 0 heterocycles. The fourth-order valence-corrected chi connectivity index (χ4v) is 7.17. The smallest absolute Gasteiger partial charge is 0.133 e. The van der Waals surface area contributed by atoms with Gasteiger partial charge in [-0.15, -0.1) is 0 Å². The molecule has 0 aromatic heterocycles. The highest BCUT2D eigenvalue weighted by molar-refractivity contribution is 5.57. The van der Waals surface area contributed by atoms with Crippen LogP contribution in [0.1, 0.15) is 66.8 Å². The van der Waals surface area contributed by atoms with Crippen molar-refractivity contribution in [2.75, 3.05) is 0 Å². The van der Waals surface area contributed by atoms with Crippen LogP contribution in [-0.4, -0.2) is 10.2 Å². The number of rotatable bonds is 10. The van der Waals surface area contributed by atoms with E-state index in [1.807, 2.05) is 144 Å². The molecule has 6 aromatic rings. The van der Waals surface area contributed by atoms with E-state index >= 15 is 0 Å². The zero-order valence-corrected chi connectivity index (χ0v) is 33.9. The molecule has 7 nitrogen and oxygen atoms in total. The molecule has 0 aliphatic carbocycles. The van der Waals surface area contributed by atoms with E-state index in [1.165, 1.54) is 0 Å². The van der Waals surface area contributed by atoms with Crippen molar-refractivity contribution in [2.24, 2.45) is 0 Å². The summed E-state index contributed by atoms with van der Waals surface area (Å²) in [6.07, 6.45) is 0. The van der Waals surface area contributed by atoms with E-state index in [1.54, 1.807) is 12.1 Å². The number of phenols is 2. The summed E-state index contributed by atoms with van der Waals surface area (Å²) in [7, 11) is 0. The lowest BCUT2D eigenvalue weighted by Crippen LogP contribution is -1.98. The summed E-state index contributed by atoms with van der Waals surface area (Å²) in [5.41, 5.74) is 10.9. The summed E-state index contributed by atoms with van der Waals surface area (Å²) in [6, 6.07) is 23.0. The first kappa shape index (κ1) is 38.6. The van der Waals surface area contributed by atoms with Gasteiger partial charge >= 0.3 is 0 Å². The average molecular weight is 739 g/mol. The van der Waals surface area contributed by atoms with E-state index in [2.05, 4.69) is 0 Å². The molecule has 0 aliphatic heterocycles. The van der Waals surface area contributed by atoms with Gasteiger partial charge in [0.2, 0.25) is 0 Å². The maximum Gasteiger partial charge on any atom is 0.133 e. The second-order valence-electron chi connectivity index (χ2n) is 14.9. The van der Waals surface area contributed by atoms with Gasteiger partial charge in [0.05, 0.1) is 0 Å². The standard InChI is InChI=1S/C48H50O7/c1-25-15-38(16-26(2)43(25)50)51-45-29(5)19-40(20-30(45)6)53-47-33(9)23-42(24-34(47)10)55-48-35(11)21-41(22-36(48)12)54-46-31(7)17-39(18-32(46)8)52-44-27(3)13-37(49)14-28(44)4/h13-24,49-50H,1-12H3. The number of hydrogen-bond donors (Lipinski definition) is 2. The van der Waals surface area contributed by atoms with Crippen LogP contribution in [0.5, 0.6) is 69.0 Å². The molecule has 0 saturated heterocycles. The molecule has 0 unspecified atom stereocenters. The maximum absolute atomic E-state index is 10.2. The second-order valence-corrected chi connectivity index (χ2v) is 14.9. The van der Waals surface area contributed by atoms with Gasteiger partial charge in [0.15, 0.2) is 0 Å². The number of benzene rings is 6. The Morgan fingerprint density at radius 3 is 0.618 bits per heavy atom. The molecule has 0 aliphatic rings. The molecule has 6 rings (SSSR count). The number of aromatic hydroxyl groups is 2. The molecule has 0 amide bonds. The Morgan fingerprint density at radius 2 is 0.418 bits per heavy atom. The van der Waals surface area contributed by atoms with Crippen LogP contribution in [0.25, 0.3) is 0 Å². The van der Waals surface area contributed by atoms with Crippen LogP contribution in [0.4, 0.5) is 0 Å². The van der Waals surface area contributed by atoms with E-state index in [4.69, 9.17) is 23.7 Å².